The first-order chi connectivity index (χ1) is 29.3. The minimum absolute atomic E-state index is 0.479. The molecular formula is C57H39NS. The van der Waals surface area contributed by atoms with Crippen molar-refractivity contribution >= 4 is 38.5 Å². The summed E-state index contributed by atoms with van der Waals surface area (Å²) in [5.74, 6) is 0. The maximum atomic E-state index is 2.48. The smallest absolute Gasteiger partial charge is 0.0728 e. The average Bonchev–Trinajstić information content (AvgIpc) is 3.84. The van der Waals surface area contributed by atoms with Crippen LogP contribution < -0.4 is 4.90 Å². The maximum Gasteiger partial charge on any atom is 0.0728 e. The third-order valence-electron chi connectivity index (χ3n) is 12.0. The maximum absolute atomic E-state index is 2.48. The van der Waals surface area contributed by atoms with Gasteiger partial charge in [0.15, 0.2) is 0 Å². The van der Waals surface area contributed by atoms with Crippen LogP contribution in [0.2, 0.25) is 0 Å². The first kappa shape index (κ1) is 34.9. The van der Waals surface area contributed by atoms with Gasteiger partial charge >= 0.3 is 0 Å². The van der Waals surface area contributed by atoms with Crippen molar-refractivity contribution in [1.29, 1.82) is 0 Å². The van der Waals surface area contributed by atoms with Crippen LogP contribution in [-0.2, 0) is 5.41 Å². The predicted molar refractivity (Wildman–Crippen MR) is 250 cm³/mol. The van der Waals surface area contributed by atoms with Gasteiger partial charge in [-0.1, -0.05) is 188 Å². The Morgan fingerprint density at radius 3 is 1.37 bits per heavy atom. The summed E-state index contributed by atoms with van der Waals surface area (Å²) in [6.45, 7) is 0. The highest BCUT2D eigenvalue weighted by Crippen LogP contribution is 2.61. The molecule has 0 saturated heterocycles. The zero-order valence-corrected chi connectivity index (χ0v) is 33.2. The molecule has 0 radical (unpaired) electrons. The molecule has 1 aliphatic rings. The Labute approximate surface area is 349 Å². The zero-order valence-electron chi connectivity index (χ0n) is 32.4. The monoisotopic (exact) mass is 769 g/mol. The molecule has 11 rings (SSSR count). The fourth-order valence-corrected chi connectivity index (χ4v) is 10.6. The van der Waals surface area contributed by atoms with Crippen molar-refractivity contribution in [2.24, 2.45) is 0 Å². The summed E-state index contributed by atoms with van der Waals surface area (Å²) >= 11 is 1.92. The molecule has 278 valence electrons. The molecule has 1 aliphatic carbocycles. The molecule has 9 aromatic carbocycles. The largest absolute Gasteiger partial charge is 0.310 e. The summed E-state index contributed by atoms with van der Waals surface area (Å²) in [6.07, 6.45) is 0. The van der Waals surface area contributed by atoms with Gasteiger partial charge in [0.25, 0.3) is 0 Å². The molecule has 1 nitrogen and oxygen atoms in total. The van der Waals surface area contributed by atoms with Crippen LogP contribution in [0.15, 0.2) is 237 Å². The molecule has 59 heavy (non-hydrogen) atoms. The fourth-order valence-electron chi connectivity index (χ4n) is 9.26. The molecule has 1 aromatic heterocycles. The van der Waals surface area contributed by atoms with E-state index in [4.69, 9.17) is 0 Å². The molecule has 0 aliphatic heterocycles. The molecule has 0 saturated carbocycles. The Hall–Kier alpha value is -7.26. The molecule has 2 heteroatoms. The fraction of sp³-hybridized carbons (Fsp3) is 0.0175. The average molecular weight is 770 g/mol. The summed E-state index contributed by atoms with van der Waals surface area (Å²) in [5.41, 5.74) is 16.6. The molecule has 0 amide bonds. The number of anilines is 3. The second-order valence-electron chi connectivity index (χ2n) is 15.3. The van der Waals surface area contributed by atoms with Crippen LogP contribution in [-0.4, -0.2) is 0 Å². The van der Waals surface area contributed by atoms with Crippen molar-refractivity contribution in [2.45, 2.75) is 5.41 Å². The standard InChI is InChI=1S/C57H39NS/c1-5-16-40(17-6-1)42-28-33-48(34-29-42)58(49-35-30-43(31-36-49)41-18-7-2-8-19-41)50-25-15-20-44(38-50)45-32-37-51-53(39-45)57(46-21-9-3-10-22-46,47-23-11-4-12-24-47)55-52-26-13-14-27-54(52)59-56(51)55/h1-39H. The third-order valence-corrected chi connectivity index (χ3v) is 13.2. The van der Waals surface area contributed by atoms with Crippen LogP contribution >= 0.6 is 11.3 Å². The predicted octanol–water partition coefficient (Wildman–Crippen LogP) is 15.7. The van der Waals surface area contributed by atoms with Gasteiger partial charge in [-0.3, -0.25) is 0 Å². The summed E-state index contributed by atoms with van der Waals surface area (Å²) in [5, 5.41) is 1.33. The lowest BCUT2D eigenvalue weighted by molar-refractivity contribution is 0.777. The van der Waals surface area contributed by atoms with Crippen LogP contribution in [0.1, 0.15) is 22.3 Å². The van der Waals surface area contributed by atoms with Gasteiger partial charge in [0, 0.05) is 26.6 Å². The van der Waals surface area contributed by atoms with E-state index in [1.807, 2.05) is 11.3 Å². The van der Waals surface area contributed by atoms with E-state index in [1.165, 1.54) is 76.2 Å². The Balaban J connectivity index is 1.07. The van der Waals surface area contributed by atoms with E-state index in [-0.39, 0.29) is 0 Å². The molecule has 1 heterocycles. The SMILES string of the molecule is c1ccc(-c2ccc(N(c3ccc(-c4ccccc4)cc3)c3cccc(-c4ccc5c(c4)C(c4ccccc4)(c4ccccc4)c4c-5sc5ccccc45)c3)cc2)cc1. The lowest BCUT2D eigenvalue weighted by Crippen LogP contribution is -2.28. The van der Waals surface area contributed by atoms with Gasteiger partial charge in [-0.05, 0) is 115 Å². The van der Waals surface area contributed by atoms with E-state index < -0.39 is 5.41 Å². The number of benzene rings is 9. The van der Waals surface area contributed by atoms with Gasteiger partial charge < -0.3 is 4.90 Å². The van der Waals surface area contributed by atoms with Gasteiger partial charge in [0.05, 0.1) is 5.41 Å². The minimum Gasteiger partial charge on any atom is -0.310 e. The Bertz CT molecular complexity index is 2940. The topological polar surface area (TPSA) is 3.24 Å². The first-order valence-corrected chi connectivity index (χ1v) is 21.1. The molecule has 0 atom stereocenters. The van der Waals surface area contributed by atoms with Gasteiger partial charge in [-0.15, -0.1) is 11.3 Å². The highest BCUT2D eigenvalue weighted by atomic mass is 32.1. The highest BCUT2D eigenvalue weighted by Gasteiger charge is 2.48. The van der Waals surface area contributed by atoms with Crippen LogP contribution in [0, 0.1) is 0 Å². The van der Waals surface area contributed by atoms with Gasteiger partial charge in [-0.25, -0.2) is 0 Å². The Morgan fingerprint density at radius 2 is 0.797 bits per heavy atom. The Morgan fingerprint density at radius 1 is 0.339 bits per heavy atom. The second kappa shape index (κ2) is 14.6. The number of thiophene rings is 1. The zero-order chi connectivity index (χ0) is 39.2. The first-order valence-electron chi connectivity index (χ1n) is 20.3. The number of rotatable bonds is 8. The molecule has 0 fully saturated rings. The molecular weight excluding hydrogens is 731 g/mol. The van der Waals surface area contributed by atoms with Crippen LogP contribution in [0.25, 0.3) is 53.9 Å². The van der Waals surface area contributed by atoms with E-state index in [2.05, 4.69) is 241 Å². The van der Waals surface area contributed by atoms with Gasteiger partial charge in [-0.2, -0.15) is 0 Å². The van der Waals surface area contributed by atoms with E-state index >= 15 is 0 Å². The summed E-state index contributed by atoms with van der Waals surface area (Å²) in [7, 11) is 0. The molecule has 0 spiro atoms. The lowest BCUT2D eigenvalue weighted by Gasteiger charge is -2.34. The van der Waals surface area contributed by atoms with Crippen molar-refractivity contribution in [1.82, 2.24) is 0 Å². The minimum atomic E-state index is -0.479. The number of fused-ring (bicyclic) bond motifs is 5. The van der Waals surface area contributed by atoms with Crippen LogP contribution in [0.4, 0.5) is 17.1 Å². The number of nitrogens with zero attached hydrogens (tertiary/aromatic N) is 1. The van der Waals surface area contributed by atoms with E-state index in [0.717, 1.165) is 17.1 Å². The summed E-state index contributed by atoms with van der Waals surface area (Å²) in [6, 6.07) is 86.5. The van der Waals surface area contributed by atoms with Crippen molar-refractivity contribution in [3.05, 3.63) is 259 Å². The number of hydrogen-bond donors (Lipinski definition) is 0. The lowest BCUT2D eigenvalue weighted by atomic mass is 9.67. The third kappa shape index (κ3) is 5.92. The van der Waals surface area contributed by atoms with Crippen LogP contribution in [0.5, 0.6) is 0 Å². The quantitative estimate of drug-likeness (QED) is 0.149. The molecule has 10 aromatic rings. The van der Waals surface area contributed by atoms with Crippen molar-refractivity contribution in [3.63, 3.8) is 0 Å². The van der Waals surface area contributed by atoms with Gasteiger partial charge in [0.2, 0.25) is 0 Å². The number of hydrogen-bond acceptors (Lipinski definition) is 2. The Kier molecular flexibility index (Phi) is 8.65. The van der Waals surface area contributed by atoms with Crippen molar-refractivity contribution in [3.8, 4) is 43.8 Å². The van der Waals surface area contributed by atoms with E-state index in [0.29, 0.717) is 0 Å². The van der Waals surface area contributed by atoms with Crippen LogP contribution in [0.3, 0.4) is 0 Å². The van der Waals surface area contributed by atoms with Crippen molar-refractivity contribution < 1.29 is 0 Å². The highest BCUT2D eigenvalue weighted by molar-refractivity contribution is 7.22. The normalized spacial score (nSPS) is 12.5. The van der Waals surface area contributed by atoms with Crippen molar-refractivity contribution in [2.75, 3.05) is 4.90 Å². The molecule has 0 N–H and O–H groups in total. The van der Waals surface area contributed by atoms with E-state index in [1.54, 1.807) is 0 Å². The second-order valence-corrected chi connectivity index (χ2v) is 16.3. The van der Waals surface area contributed by atoms with E-state index in [9.17, 15) is 0 Å². The molecule has 0 bridgehead atoms. The molecule has 0 unspecified atom stereocenters. The summed E-state index contributed by atoms with van der Waals surface area (Å²) < 4.78 is 1.32. The van der Waals surface area contributed by atoms with Gasteiger partial charge in [0.1, 0.15) is 0 Å². The summed E-state index contributed by atoms with van der Waals surface area (Å²) in [4.78, 5) is 3.74.